The van der Waals surface area contributed by atoms with E-state index in [0.29, 0.717) is 17.5 Å². The summed E-state index contributed by atoms with van der Waals surface area (Å²) in [6, 6.07) is 61.1. The van der Waals surface area contributed by atoms with Crippen molar-refractivity contribution in [2.75, 3.05) is 0 Å². The molecule has 10 aromatic rings. The maximum absolute atomic E-state index is 6.87. The zero-order valence-electron chi connectivity index (χ0n) is 27.5. The Bertz CT molecular complexity index is 2900. The van der Waals surface area contributed by atoms with Gasteiger partial charge in [-0.3, -0.25) is 0 Å². The molecule has 2 aromatic heterocycles. The first kappa shape index (κ1) is 29.0. The van der Waals surface area contributed by atoms with Gasteiger partial charge >= 0.3 is 0 Å². The van der Waals surface area contributed by atoms with Gasteiger partial charge in [0.15, 0.2) is 17.5 Å². The lowest BCUT2D eigenvalue weighted by Gasteiger charge is -2.09. The molecular formula is C47H29N3O. The first-order chi connectivity index (χ1) is 25.3. The molecule has 0 atom stereocenters. The van der Waals surface area contributed by atoms with Crippen LogP contribution in [0.2, 0.25) is 0 Å². The summed E-state index contributed by atoms with van der Waals surface area (Å²) in [4.78, 5) is 15.1. The van der Waals surface area contributed by atoms with Crippen molar-refractivity contribution in [1.82, 2.24) is 15.0 Å². The van der Waals surface area contributed by atoms with Crippen LogP contribution in [-0.4, -0.2) is 15.0 Å². The third-order valence-corrected chi connectivity index (χ3v) is 9.72. The van der Waals surface area contributed by atoms with Crippen molar-refractivity contribution >= 4 is 43.5 Å². The molecule has 4 heteroatoms. The number of para-hydroxylation sites is 1. The Morgan fingerprint density at radius 3 is 1.59 bits per heavy atom. The van der Waals surface area contributed by atoms with Gasteiger partial charge in [-0.2, -0.15) is 0 Å². The van der Waals surface area contributed by atoms with E-state index in [4.69, 9.17) is 19.4 Å². The largest absolute Gasteiger partial charge is 0.455 e. The average Bonchev–Trinajstić information content (AvgIpc) is 3.60. The molecule has 51 heavy (non-hydrogen) atoms. The highest BCUT2D eigenvalue weighted by Crippen LogP contribution is 2.42. The number of hydrogen-bond donors (Lipinski definition) is 0. The summed E-state index contributed by atoms with van der Waals surface area (Å²) in [5, 5.41) is 6.74. The summed E-state index contributed by atoms with van der Waals surface area (Å²) >= 11 is 0. The van der Waals surface area contributed by atoms with Crippen LogP contribution in [0.5, 0.6) is 0 Å². The fourth-order valence-corrected chi connectivity index (χ4v) is 7.18. The van der Waals surface area contributed by atoms with E-state index < -0.39 is 0 Å². The number of nitrogens with zero attached hydrogens (tertiary/aromatic N) is 3. The van der Waals surface area contributed by atoms with Crippen molar-refractivity contribution < 1.29 is 4.42 Å². The van der Waals surface area contributed by atoms with Gasteiger partial charge in [0.25, 0.3) is 0 Å². The van der Waals surface area contributed by atoms with Gasteiger partial charge in [0.1, 0.15) is 11.2 Å². The first-order valence-electron chi connectivity index (χ1n) is 17.1. The Hall–Kier alpha value is -6.91. The third kappa shape index (κ3) is 5.04. The van der Waals surface area contributed by atoms with Crippen LogP contribution in [0, 0.1) is 0 Å². The average molecular weight is 652 g/mol. The Kier molecular flexibility index (Phi) is 6.78. The summed E-state index contributed by atoms with van der Waals surface area (Å²) in [6.45, 7) is 0. The minimum Gasteiger partial charge on any atom is -0.455 e. The van der Waals surface area contributed by atoms with Gasteiger partial charge in [0.2, 0.25) is 0 Å². The van der Waals surface area contributed by atoms with Gasteiger partial charge < -0.3 is 4.42 Å². The van der Waals surface area contributed by atoms with Crippen LogP contribution < -0.4 is 0 Å². The molecular weight excluding hydrogens is 623 g/mol. The standard InChI is InChI=1S/C47H29N3O/c1-3-12-30(13-4-1)32-22-25-34(26-23-32)46-48-45(33-15-5-2-6-16-33)49-47(50-46)40-21-11-20-39-42-29-41(36-27-24-31-14-7-8-17-35(31)28-36)37-18-9-10-19-38(37)44(42)51-43(39)40/h1-29H. The normalized spacial score (nSPS) is 11.5. The minimum absolute atomic E-state index is 0.565. The molecule has 0 aliphatic rings. The predicted octanol–water partition coefficient (Wildman–Crippen LogP) is 12.4. The summed E-state index contributed by atoms with van der Waals surface area (Å²) in [5.41, 5.74) is 8.91. The van der Waals surface area contributed by atoms with Gasteiger partial charge in [-0.15, -0.1) is 0 Å². The molecule has 2 heterocycles. The summed E-state index contributed by atoms with van der Waals surface area (Å²) in [5.74, 6) is 1.78. The monoisotopic (exact) mass is 651 g/mol. The van der Waals surface area contributed by atoms with E-state index in [2.05, 4.69) is 133 Å². The van der Waals surface area contributed by atoms with Crippen LogP contribution in [0.4, 0.5) is 0 Å². The quantitative estimate of drug-likeness (QED) is 0.186. The lowest BCUT2D eigenvalue weighted by molar-refractivity contribution is 0.673. The van der Waals surface area contributed by atoms with E-state index in [1.165, 1.54) is 27.5 Å². The van der Waals surface area contributed by atoms with Crippen molar-refractivity contribution in [1.29, 1.82) is 0 Å². The van der Waals surface area contributed by atoms with Gasteiger partial charge in [-0.05, 0) is 56.6 Å². The number of fused-ring (bicyclic) bond motifs is 6. The van der Waals surface area contributed by atoms with Crippen molar-refractivity contribution in [3.8, 4) is 56.4 Å². The lowest BCUT2D eigenvalue weighted by atomic mass is 9.94. The second-order valence-electron chi connectivity index (χ2n) is 12.8. The molecule has 4 nitrogen and oxygen atoms in total. The summed E-state index contributed by atoms with van der Waals surface area (Å²) < 4.78 is 6.87. The topological polar surface area (TPSA) is 51.8 Å². The van der Waals surface area contributed by atoms with Crippen LogP contribution in [-0.2, 0) is 0 Å². The van der Waals surface area contributed by atoms with E-state index in [9.17, 15) is 0 Å². The minimum atomic E-state index is 0.565. The fourth-order valence-electron chi connectivity index (χ4n) is 7.18. The van der Waals surface area contributed by atoms with E-state index in [-0.39, 0.29) is 0 Å². The summed E-state index contributed by atoms with van der Waals surface area (Å²) in [6.07, 6.45) is 0. The highest BCUT2D eigenvalue weighted by atomic mass is 16.3. The number of furan rings is 1. The molecule has 0 bridgehead atoms. The Morgan fingerprint density at radius 2 is 0.824 bits per heavy atom. The van der Waals surface area contributed by atoms with Gasteiger partial charge in [-0.1, -0.05) is 158 Å². The molecule has 238 valence electrons. The highest BCUT2D eigenvalue weighted by molar-refractivity contribution is 6.20. The zero-order valence-corrected chi connectivity index (χ0v) is 27.5. The molecule has 10 rings (SSSR count). The first-order valence-corrected chi connectivity index (χ1v) is 17.1. The molecule has 0 N–H and O–H groups in total. The van der Waals surface area contributed by atoms with Gasteiger partial charge in [-0.25, -0.2) is 15.0 Å². The second-order valence-corrected chi connectivity index (χ2v) is 12.8. The van der Waals surface area contributed by atoms with Crippen molar-refractivity contribution in [2.24, 2.45) is 0 Å². The van der Waals surface area contributed by atoms with Crippen molar-refractivity contribution in [2.45, 2.75) is 0 Å². The van der Waals surface area contributed by atoms with Crippen LogP contribution >= 0.6 is 0 Å². The third-order valence-electron chi connectivity index (χ3n) is 9.72. The van der Waals surface area contributed by atoms with Crippen LogP contribution in [0.3, 0.4) is 0 Å². The maximum Gasteiger partial charge on any atom is 0.167 e. The molecule has 0 aliphatic heterocycles. The molecule has 0 aliphatic carbocycles. The van der Waals surface area contributed by atoms with Gasteiger partial charge in [0.05, 0.1) is 5.56 Å². The van der Waals surface area contributed by atoms with Crippen LogP contribution in [0.1, 0.15) is 0 Å². The number of aromatic nitrogens is 3. The number of hydrogen-bond acceptors (Lipinski definition) is 4. The molecule has 0 fully saturated rings. The van der Waals surface area contributed by atoms with E-state index >= 15 is 0 Å². The SMILES string of the molecule is c1ccc(-c2ccc(-c3nc(-c4ccccc4)nc(-c4cccc5c4oc4c6ccccc6c(-c6ccc7ccccc7c6)cc54)n3)cc2)cc1. The molecule has 8 aromatic carbocycles. The second kappa shape index (κ2) is 11.9. The van der Waals surface area contributed by atoms with E-state index in [1.54, 1.807) is 0 Å². The Labute approximate surface area is 294 Å². The van der Waals surface area contributed by atoms with E-state index in [1.807, 2.05) is 42.5 Å². The molecule has 0 spiro atoms. The smallest absolute Gasteiger partial charge is 0.167 e. The Morgan fingerprint density at radius 1 is 0.294 bits per heavy atom. The van der Waals surface area contributed by atoms with E-state index in [0.717, 1.165) is 55.0 Å². The highest BCUT2D eigenvalue weighted by Gasteiger charge is 2.20. The number of rotatable bonds is 5. The zero-order chi connectivity index (χ0) is 33.7. The Balaban J connectivity index is 1.17. The molecule has 0 unspecified atom stereocenters. The van der Waals surface area contributed by atoms with Crippen molar-refractivity contribution in [3.05, 3.63) is 176 Å². The van der Waals surface area contributed by atoms with Crippen LogP contribution in [0.15, 0.2) is 180 Å². The summed E-state index contributed by atoms with van der Waals surface area (Å²) in [7, 11) is 0. The molecule has 0 saturated heterocycles. The predicted molar refractivity (Wildman–Crippen MR) is 209 cm³/mol. The molecule has 0 saturated carbocycles. The maximum atomic E-state index is 6.87. The molecule has 0 amide bonds. The number of benzene rings is 8. The van der Waals surface area contributed by atoms with Crippen LogP contribution in [0.25, 0.3) is 99.9 Å². The lowest BCUT2D eigenvalue weighted by Crippen LogP contribution is -2.00. The fraction of sp³-hybridized carbons (Fsp3) is 0. The van der Waals surface area contributed by atoms with Gasteiger partial charge in [0, 0.05) is 27.3 Å². The van der Waals surface area contributed by atoms with Crippen molar-refractivity contribution in [3.63, 3.8) is 0 Å². The molecule has 0 radical (unpaired) electrons.